The highest BCUT2D eigenvalue weighted by Gasteiger charge is 2.26. The summed E-state index contributed by atoms with van der Waals surface area (Å²) in [6.07, 6.45) is 2.14. The molecule has 1 aliphatic heterocycles. The van der Waals surface area contributed by atoms with Crippen molar-refractivity contribution in [1.82, 2.24) is 9.21 Å². The van der Waals surface area contributed by atoms with E-state index in [1.807, 2.05) is 6.07 Å². The van der Waals surface area contributed by atoms with Gasteiger partial charge in [-0.05, 0) is 49.9 Å². The maximum absolute atomic E-state index is 12.5. The number of likely N-dealkylation sites (tertiary alicyclic amines) is 1. The van der Waals surface area contributed by atoms with Crippen LogP contribution >= 0.6 is 0 Å². The zero-order valence-electron chi connectivity index (χ0n) is 13.8. The maximum atomic E-state index is 12.5. The first-order valence-electron chi connectivity index (χ1n) is 7.92. The van der Waals surface area contributed by atoms with Crippen LogP contribution in [0.25, 0.3) is 0 Å². The minimum atomic E-state index is -3.36. The third-order valence-corrected chi connectivity index (χ3v) is 6.05. The highest BCUT2D eigenvalue weighted by atomic mass is 32.2. The van der Waals surface area contributed by atoms with E-state index in [1.165, 1.54) is 10.2 Å². The average Bonchev–Trinajstić information content (AvgIpc) is 2.49. The fraction of sp³-hybridized carbons (Fsp3) is 0.588. The van der Waals surface area contributed by atoms with E-state index >= 15 is 0 Å². The Kier molecular flexibility index (Phi) is 6.01. The Morgan fingerprint density at radius 1 is 1.18 bits per heavy atom. The molecule has 0 unspecified atom stereocenters. The number of hydrogen-bond donors (Lipinski definition) is 0. The molecule has 0 bridgehead atoms. The Morgan fingerprint density at radius 2 is 1.77 bits per heavy atom. The second kappa shape index (κ2) is 7.57. The van der Waals surface area contributed by atoms with E-state index < -0.39 is 10.0 Å². The second-order valence-corrected chi connectivity index (χ2v) is 8.57. The summed E-state index contributed by atoms with van der Waals surface area (Å²) in [4.78, 5) is 2.84. The monoisotopic (exact) mass is 323 g/mol. The highest BCUT2D eigenvalue weighted by molar-refractivity contribution is 7.89. The standard InChI is InChI=1S/C17H27N2O2S/c1-15(2)13-19-11-9-16(10-12-19)14-18(3)22(20,21)17-7-5-4-6-8-17/h4-8,16H,9-14H2,1-3H3. The largest absolute Gasteiger partial charge is 0.303 e. The van der Waals surface area contributed by atoms with Crippen molar-refractivity contribution in [3.8, 4) is 0 Å². The van der Waals surface area contributed by atoms with E-state index in [1.54, 1.807) is 31.3 Å². The zero-order chi connectivity index (χ0) is 16.2. The van der Waals surface area contributed by atoms with Crippen LogP contribution in [0.2, 0.25) is 0 Å². The van der Waals surface area contributed by atoms with Crippen LogP contribution in [0, 0.1) is 11.8 Å². The summed E-state index contributed by atoms with van der Waals surface area (Å²) in [6.45, 7) is 8.12. The smallest absolute Gasteiger partial charge is 0.242 e. The van der Waals surface area contributed by atoms with Crippen LogP contribution in [0.5, 0.6) is 0 Å². The van der Waals surface area contributed by atoms with Gasteiger partial charge in [0.2, 0.25) is 10.0 Å². The Labute approximate surface area is 135 Å². The molecule has 1 aromatic carbocycles. The number of rotatable bonds is 6. The zero-order valence-corrected chi connectivity index (χ0v) is 14.6. The molecule has 4 nitrogen and oxygen atoms in total. The fourth-order valence-electron chi connectivity index (χ4n) is 3.01. The summed E-state index contributed by atoms with van der Waals surface area (Å²) >= 11 is 0. The number of piperidine rings is 1. The van der Waals surface area contributed by atoms with Gasteiger partial charge in [0.15, 0.2) is 0 Å². The average molecular weight is 323 g/mol. The van der Waals surface area contributed by atoms with Gasteiger partial charge in [0.1, 0.15) is 0 Å². The van der Waals surface area contributed by atoms with Crippen molar-refractivity contribution in [2.75, 3.05) is 33.2 Å². The van der Waals surface area contributed by atoms with Crippen LogP contribution in [0.3, 0.4) is 0 Å². The second-order valence-electron chi connectivity index (χ2n) is 6.53. The molecule has 1 fully saturated rings. The van der Waals surface area contributed by atoms with Gasteiger partial charge in [0.05, 0.1) is 4.90 Å². The predicted octanol–water partition coefficient (Wildman–Crippen LogP) is 2.63. The van der Waals surface area contributed by atoms with E-state index in [9.17, 15) is 8.42 Å². The molecule has 1 saturated heterocycles. The minimum Gasteiger partial charge on any atom is -0.303 e. The molecule has 1 radical (unpaired) electrons. The minimum absolute atomic E-state index is 0.381. The van der Waals surface area contributed by atoms with Gasteiger partial charge in [-0.15, -0.1) is 0 Å². The topological polar surface area (TPSA) is 40.6 Å². The summed E-state index contributed by atoms with van der Waals surface area (Å²) in [5.74, 6) is 1.89. The van der Waals surface area contributed by atoms with Crippen LogP contribution in [0.15, 0.2) is 35.2 Å². The molecule has 0 saturated carbocycles. The molecule has 0 N–H and O–H groups in total. The Bertz CT molecular complexity index is 549. The molecule has 0 amide bonds. The van der Waals surface area contributed by atoms with Crippen LogP contribution in [0.4, 0.5) is 0 Å². The lowest BCUT2D eigenvalue weighted by atomic mass is 9.96. The van der Waals surface area contributed by atoms with Gasteiger partial charge in [-0.3, -0.25) is 0 Å². The molecule has 1 aromatic rings. The lowest BCUT2D eigenvalue weighted by Gasteiger charge is -2.34. The van der Waals surface area contributed by atoms with E-state index in [0.717, 1.165) is 32.5 Å². The van der Waals surface area contributed by atoms with Crippen molar-refractivity contribution in [1.29, 1.82) is 0 Å². The number of benzene rings is 1. The van der Waals surface area contributed by atoms with Crippen molar-refractivity contribution in [3.63, 3.8) is 0 Å². The summed E-state index contributed by atoms with van der Waals surface area (Å²) in [5, 5.41) is 0. The molecule has 0 spiro atoms. The molecule has 0 aromatic heterocycles. The molecule has 5 heteroatoms. The van der Waals surface area contributed by atoms with Gasteiger partial charge in [0, 0.05) is 20.1 Å². The van der Waals surface area contributed by atoms with Crippen LogP contribution in [-0.4, -0.2) is 50.8 Å². The van der Waals surface area contributed by atoms with Crippen LogP contribution < -0.4 is 0 Å². The van der Waals surface area contributed by atoms with E-state index in [-0.39, 0.29) is 0 Å². The van der Waals surface area contributed by atoms with Crippen LogP contribution in [0.1, 0.15) is 26.7 Å². The summed E-state index contributed by atoms with van der Waals surface area (Å²) in [5.41, 5.74) is 0. The lowest BCUT2D eigenvalue weighted by molar-refractivity contribution is 0.178. The molecule has 2 rings (SSSR count). The van der Waals surface area contributed by atoms with Gasteiger partial charge < -0.3 is 4.90 Å². The maximum Gasteiger partial charge on any atom is 0.242 e. The van der Waals surface area contributed by atoms with Crippen LogP contribution in [-0.2, 0) is 10.0 Å². The Balaban J connectivity index is 1.89. The molecule has 1 heterocycles. The molecule has 22 heavy (non-hydrogen) atoms. The third kappa shape index (κ3) is 4.54. The summed E-state index contributed by atoms with van der Waals surface area (Å²) < 4.78 is 26.6. The van der Waals surface area contributed by atoms with E-state index in [4.69, 9.17) is 0 Å². The van der Waals surface area contributed by atoms with Gasteiger partial charge in [-0.1, -0.05) is 32.0 Å². The van der Waals surface area contributed by atoms with Gasteiger partial charge in [-0.25, -0.2) is 12.7 Å². The SMILES string of the molecule is C[C](C)CN1CCC(CN(C)S(=O)(=O)c2ccccc2)CC1. The predicted molar refractivity (Wildman–Crippen MR) is 90.0 cm³/mol. The molecule has 123 valence electrons. The van der Waals surface area contributed by atoms with Crippen molar-refractivity contribution >= 4 is 10.0 Å². The summed E-state index contributed by atoms with van der Waals surface area (Å²) in [6, 6.07) is 8.69. The fourth-order valence-corrected chi connectivity index (χ4v) is 4.28. The first kappa shape index (κ1) is 17.4. The van der Waals surface area contributed by atoms with E-state index in [0.29, 0.717) is 17.4 Å². The van der Waals surface area contributed by atoms with E-state index in [2.05, 4.69) is 18.7 Å². The molecular formula is C17H27N2O2S. The number of hydrogen-bond acceptors (Lipinski definition) is 3. The van der Waals surface area contributed by atoms with Crippen molar-refractivity contribution in [2.45, 2.75) is 31.6 Å². The quantitative estimate of drug-likeness (QED) is 0.808. The van der Waals surface area contributed by atoms with Crippen molar-refractivity contribution < 1.29 is 8.42 Å². The van der Waals surface area contributed by atoms with Crippen molar-refractivity contribution in [2.24, 2.45) is 5.92 Å². The lowest BCUT2D eigenvalue weighted by Crippen LogP contribution is -2.40. The van der Waals surface area contributed by atoms with Gasteiger partial charge in [0.25, 0.3) is 0 Å². The first-order chi connectivity index (χ1) is 10.4. The molecular weight excluding hydrogens is 296 g/mol. The highest BCUT2D eigenvalue weighted by Crippen LogP contribution is 2.22. The van der Waals surface area contributed by atoms with Gasteiger partial charge in [-0.2, -0.15) is 0 Å². The molecule has 0 atom stereocenters. The number of sulfonamides is 1. The first-order valence-corrected chi connectivity index (χ1v) is 9.36. The van der Waals surface area contributed by atoms with Crippen molar-refractivity contribution in [3.05, 3.63) is 36.2 Å². The third-order valence-electron chi connectivity index (χ3n) is 4.21. The molecule has 0 aliphatic carbocycles. The molecule has 1 aliphatic rings. The summed E-state index contributed by atoms with van der Waals surface area (Å²) in [7, 11) is -1.66. The Morgan fingerprint density at radius 3 is 2.32 bits per heavy atom. The normalized spacial score (nSPS) is 18.2. The van der Waals surface area contributed by atoms with Gasteiger partial charge >= 0.3 is 0 Å². The Hall–Kier alpha value is -0.910. The number of nitrogens with zero attached hydrogens (tertiary/aromatic N) is 2.